The predicted octanol–water partition coefficient (Wildman–Crippen LogP) is 7.43. The summed E-state index contributed by atoms with van der Waals surface area (Å²) in [5.41, 5.74) is 1.56. The maximum Gasteiger partial charge on any atom is 0.418 e. The van der Waals surface area contributed by atoms with Gasteiger partial charge in [0.2, 0.25) is 5.12 Å². The summed E-state index contributed by atoms with van der Waals surface area (Å²) in [7, 11) is 0. The number of hydrogen-bond acceptors (Lipinski definition) is 3. The average molecular weight is 490 g/mol. The average Bonchev–Trinajstić information content (AvgIpc) is 3.03. The molecule has 1 unspecified atom stereocenters. The summed E-state index contributed by atoms with van der Waals surface area (Å²) in [5, 5.41) is -1.07. The van der Waals surface area contributed by atoms with Gasteiger partial charge in [-0.05, 0) is 64.5 Å². The van der Waals surface area contributed by atoms with Crippen molar-refractivity contribution in [2.24, 2.45) is 0 Å². The number of nitrogens with zero attached hydrogens (tertiary/aromatic N) is 1. The summed E-state index contributed by atoms with van der Waals surface area (Å²) < 4.78 is 43.1. The summed E-state index contributed by atoms with van der Waals surface area (Å²) in [6, 6.07) is 9.41. The first-order valence-electron chi connectivity index (χ1n) is 11.6. The lowest BCUT2D eigenvalue weighted by Gasteiger charge is -2.43. The van der Waals surface area contributed by atoms with Gasteiger partial charge in [-0.1, -0.05) is 58.9 Å². The van der Waals surface area contributed by atoms with Crippen molar-refractivity contribution in [3.63, 3.8) is 0 Å². The number of aryl methyl sites for hydroxylation is 1. The lowest BCUT2D eigenvalue weighted by Crippen LogP contribution is -2.40. The van der Waals surface area contributed by atoms with E-state index in [1.54, 1.807) is 0 Å². The molecule has 1 saturated heterocycles. The minimum atomic E-state index is -4.66. The molecular formula is C27H30F3NO2S. The van der Waals surface area contributed by atoms with Gasteiger partial charge < -0.3 is 0 Å². The Morgan fingerprint density at radius 1 is 0.971 bits per heavy atom. The Morgan fingerprint density at radius 3 is 2.15 bits per heavy atom. The van der Waals surface area contributed by atoms with Gasteiger partial charge in [0.25, 0.3) is 5.24 Å². The summed E-state index contributed by atoms with van der Waals surface area (Å²) >= 11 is 0.498. The molecule has 2 aromatic rings. The quantitative estimate of drug-likeness (QED) is 0.448. The van der Waals surface area contributed by atoms with Gasteiger partial charge in [0, 0.05) is 18.2 Å². The van der Waals surface area contributed by atoms with Crippen molar-refractivity contribution in [2.75, 3.05) is 4.90 Å². The van der Waals surface area contributed by atoms with Crippen LogP contribution in [0.25, 0.3) is 0 Å². The van der Waals surface area contributed by atoms with Crippen molar-refractivity contribution in [1.29, 1.82) is 0 Å². The van der Waals surface area contributed by atoms with E-state index in [1.807, 2.05) is 58.9 Å². The third-order valence-corrected chi connectivity index (χ3v) is 8.18. The summed E-state index contributed by atoms with van der Waals surface area (Å²) in [6.07, 6.45) is -2.08. The first-order valence-corrected chi connectivity index (χ1v) is 12.4. The number of amides is 1. The molecule has 3 nitrogen and oxygen atoms in total. The topological polar surface area (TPSA) is 37.4 Å². The van der Waals surface area contributed by atoms with E-state index in [4.69, 9.17) is 0 Å². The second-order valence-corrected chi connectivity index (χ2v) is 11.6. The van der Waals surface area contributed by atoms with E-state index >= 15 is 0 Å². The van der Waals surface area contributed by atoms with Crippen LogP contribution in [0.3, 0.4) is 0 Å². The van der Waals surface area contributed by atoms with Gasteiger partial charge in [-0.25, -0.2) is 0 Å². The first kappa shape index (κ1) is 24.8. The highest BCUT2D eigenvalue weighted by Crippen LogP contribution is 2.51. The van der Waals surface area contributed by atoms with Gasteiger partial charge in [-0.2, -0.15) is 13.2 Å². The predicted molar refractivity (Wildman–Crippen MR) is 131 cm³/mol. The standard InChI is InChI=1S/C27H30F3NO2S/c1-6-16-8-7-9-17(12-16)13-22-23(32)34-24(33)31(22)21-15-19-18(14-20(21)27(28,29)30)25(2,3)10-11-26(19,4)5/h7-9,12,14-15,22H,6,10-11,13H2,1-5H3. The number of anilines is 1. The summed E-state index contributed by atoms with van der Waals surface area (Å²) in [5.74, 6) is 0. The Hall–Kier alpha value is -2.28. The Kier molecular flexibility index (Phi) is 6.16. The number of alkyl halides is 3. The fourth-order valence-corrected chi connectivity index (χ4v) is 5.93. The zero-order chi connectivity index (χ0) is 25.1. The van der Waals surface area contributed by atoms with E-state index in [0.29, 0.717) is 17.3 Å². The van der Waals surface area contributed by atoms with Gasteiger partial charge in [-0.15, -0.1) is 0 Å². The molecule has 0 aromatic heterocycles. The van der Waals surface area contributed by atoms with Gasteiger partial charge in [0.05, 0.1) is 11.3 Å². The zero-order valence-corrected chi connectivity index (χ0v) is 21.0. The van der Waals surface area contributed by atoms with Crippen molar-refractivity contribution in [1.82, 2.24) is 0 Å². The van der Waals surface area contributed by atoms with E-state index in [0.717, 1.165) is 40.9 Å². The minimum absolute atomic E-state index is 0.175. The molecule has 0 spiro atoms. The molecular weight excluding hydrogens is 459 g/mol. The number of thioether (sulfide) groups is 1. The highest BCUT2D eigenvalue weighted by atomic mass is 32.2. The van der Waals surface area contributed by atoms with Crippen LogP contribution < -0.4 is 4.90 Å². The minimum Gasteiger partial charge on any atom is -0.291 e. The number of benzene rings is 2. The van der Waals surface area contributed by atoms with Crippen molar-refractivity contribution in [2.45, 2.75) is 83.4 Å². The van der Waals surface area contributed by atoms with Crippen LogP contribution in [0.1, 0.15) is 75.3 Å². The van der Waals surface area contributed by atoms with Crippen LogP contribution in [0.5, 0.6) is 0 Å². The van der Waals surface area contributed by atoms with E-state index in [-0.39, 0.29) is 17.5 Å². The van der Waals surface area contributed by atoms with E-state index in [2.05, 4.69) is 0 Å². The summed E-state index contributed by atoms with van der Waals surface area (Å²) in [4.78, 5) is 26.9. The molecule has 34 heavy (non-hydrogen) atoms. The molecule has 2 aromatic carbocycles. The highest BCUT2D eigenvalue weighted by Gasteiger charge is 2.47. The number of fused-ring (bicyclic) bond motifs is 1. The molecule has 0 radical (unpaired) electrons. The Morgan fingerprint density at radius 2 is 1.56 bits per heavy atom. The Balaban J connectivity index is 1.88. The van der Waals surface area contributed by atoms with Crippen molar-refractivity contribution >= 4 is 27.8 Å². The second kappa shape index (κ2) is 8.43. The van der Waals surface area contributed by atoms with Crippen molar-refractivity contribution < 1.29 is 22.8 Å². The van der Waals surface area contributed by atoms with Gasteiger partial charge >= 0.3 is 6.18 Å². The smallest absolute Gasteiger partial charge is 0.291 e. The largest absolute Gasteiger partial charge is 0.418 e. The van der Waals surface area contributed by atoms with Gasteiger partial charge in [-0.3, -0.25) is 14.5 Å². The van der Waals surface area contributed by atoms with Gasteiger partial charge in [0.15, 0.2) is 0 Å². The number of carbonyl (C=O) groups is 2. The van der Waals surface area contributed by atoms with E-state index in [9.17, 15) is 22.8 Å². The fraction of sp³-hybridized carbons (Fsp3) is 0.481. The Labute approximate surface area is 203 Å². The molecule has 7 heteroatoms. The van der Waals surface area contributed by atoms with Crippen LogP contribution in [0, 0.1) is 0 Å². The molecule has 182 valence electrons. The molecule has 2 aliphatic rings. The number of halogens is 3. The van der Waals surface area contributed by atoms with Gasteiger partial charge in [0.1, 0.15) is 6.04 Å². The SMILES string of the molecule is CCc1cccc(CC2C(=O)SC(=O)N2c2cc3c(cc2C(F)(F)F)C(C)(C)CCC3(C)C)c1. The lowest BCUT2D eigenvalue weighted by atomic mass is 9.62. The van der Waals surface area contributed by atoms with Crippen LogP contribution in [-0.4, -0.2) is 16.4 Å². The van der Waals surface area contributed by atoms with Crippen molar-refractivity contribution in [3.8, 4) is 0 Å². The maximum atomic E-state index is 14.4. The summed E-state index contributed by atoms with van der Waals surface area (Å²) in [6.45, 7) is 9.99. The zero-order valence-electron chi connectivity index (χ0n) is 20.2. The lowest BCUT2D eigenvalue weighted by molar-refractivity contribution is -0.137. The molecule has 1 amide bonds. The van der Waals surface area contributed by atoms with Crippen LogP contribution >= 0.6 is 11.8 Å². The molecule has 0 saturated carbocycles. The van der Waals surface area contributed by atoms with Crippen LogP contribution in [0.15, 0.2) is 36.4 Å². The molecule has 0 bridgehead atoms. The monoisotopic (exact) mass is 489 g/mol. The van der Waals surface area contributed by atoms with E-state index in [1.165, 1.54) is 12.1 Å². The van der Waals surface area contributed by atoms with Crippen LogP contribution in [0.2, 0.25) is 0 Å². The van der Waals surface area contributed by atoms with E-state index < -0.39 is 33.6 Å². The van der Waals surface area contributed by atoms with Crippen LogP contribution in [-0.2, 0) is 34.6 Å². The highest BCUT2D eigenvalue weighted by molar-refractivity contribution is 8.27. The molecule has 1 fully saturated rings. The molecule has 1 aliphatic carbocycles. The second-order valence-electron chi connectivity index (χ2n) is 10.6. The maximum absolute atomic E-state index is 14.4. The number of hydrogen-bond donors (Lipinski definition) is 0. The molecule has 1 heterocycles. The molecule has 1 atom stereocenters. The van der Waals surface area contributed by atoms with Crippen molar-refractivity contribution in [3.05, 3.63) is 64.2 Å². The number of rotatable bonds is 4. The molecule has 1 aliphatic heterocycles. The molecule has 4 rings (SSSR count). The fourth-order valence-electron chi connectivity index (χ4n) is 5.11. The molecule has 0 N–H and O–H groups in total. The third-order valence-electron chi connectivity index (χ3n) is 7.33. The Bertz CT molecular complexity index is 1150. The number of carbonyl (C=O) groups excluding carboxylic acids is 2. The first-order chi connectivity index (χ1) is 15.7. The third kappa shape index (κ3) is 4.39. The normalized spacial score (nSPS) is 21.6. The van der Waals surface area contributed by atoms with Crippen LogP contribution in [0.4, 0.5) is 23.7 Å².